The Hall–Kier alpha value is -2.41. The first-order chi connectivity index (χ1) is 10.6. The first kappa shape index (κ1) is 16.0. The second kappa shape index (κ2) is 7.56. The molecule has 22 heavy (non-hydrogen) atoms. The van der Waals surface area contributed by atoms with Crippen molar-refractivity contribution < 1.29 is 19.1 Å². The van der Waals surface area contributed by atoms with Crippen LogP contribution >= 0.6 is 15.9 Å². The maximum absolute atomic E-state index is 13.4. The smallest absolute Gasteiger partial charge is 0.262 e. The number of rotatable bonds is 5. The lowest BCUT2D eigenvalue weighted by molar-refractivity contribution is -0.118. The number of hydrogen-bond acceptors (Lipinski definition) is 4. The van der Waals surface area contributed by atoms with E-state index >= 15 is 0 Å². The van der Waals surface area contributed by atoms with Gasteiger partial charge in [0.05, 0.1) is 16.4 Å². The Balaban J connectivity index is 1.95. The lowest BCUT2D eigenvalue weighted by Crippen LogP contribution is -2.20. The molecule has 2 aromatic rings. The van der Waals surface area contributed by atoms with Crippen molar-refractivity contribution in [3.63, 3.8) is 0 Å². The van der Waals surface area contributed by atoms with Gasteiger partial charge in [-0.1, -0.05) is 17.3 Å². The molecule has 5 nitrogen and oxygen atoms in total. The van der Waals surface area contributed by atoms with Crippen LogP contribution in [0.4, 0.5) is 10.1 Å². The molecule has 0 atom stereocenters. The fraction of sp³-hybridized carbons (Fsp3) is 0.0667. The summed E-state index contributed by atoms with van der Waals surface area (Å²) in [5, 5.41) is 13.8. The van der Waals surface area contributed by atoms with E-state index in [2.05, 4.69) is 26.4 Å². The third kappa shape index (κ3) is 4.29. The van der Waals surface area contributed by atoms with Gasteiger partial charge in [-0.3, -0.25) is 4.79 Å². The molecule has 0 spiro atoms. The zero-order valence-electron chi connectivity index (χ0n) is 11.3. The molecule has 0 radical (unpaired) electrons. The van der Waals surface area contributed by atoms with Crippen LogP contribution in [0.25, 0.3) is 0 Å². The average molecular weight is 367 g/mol. The van der Waals surface area contributed by atoms with Crippen molar-refractivity contribution in [2.24, 2.45) is 5.16 Å². The van der Waals surface area contributed by atoms with Crippen LogP contribution in [0.15, 0.2) is 52.1 Å². The maximum Gasteiger partial charge on any atom is 0.262 e. The summed E-state index contributed by atoms with van der Waals surface area (Å²) < 4.78 is 19.4. The third-order valence-electron chi connectivity index (χ3n) is 2.67. The number of halogens is 2. The molecule has 2 aromatic carbocycles. The van der Waals surface area contributed by atoms with Gasteiger partial charge in [0.15, 0.2) is 6.61 Å². The lowest BCUT2D eigenvalue weighted by Gasteiger charge is -2.09. The Morgan fingerprint density at radius 3 is 2.82 bits per heavy atom. The van der Waals surface area contributed by atoms with E-state index in [1.165, 1.54) is 24.4 Å². The SMILES string of the molecule is O=C(COc1ccc(/C=N/O)cc1Br)Nc1ccccc1F. The van der Waals surface area contributed by atoms with Crippen molar-refractivity contribution in [1.29, 1.82) is 0 Å². The van der Waals surface area contributed by atoms with Crippen molar-refractivity contribution in [2.75, 3.05) is 11.9 Å². The van der Waals surface area contributed by atoms with Gasteiger partial charge in [0.25, 0.3) is 5.91 Å². The van der Waals surface area contributed by atoms with E-state index in [0.717, 1.165) is 0 Å². The van der Waals surface area contributed by atoms with E-state index in [4.69, 9.17) is 9.94 Å². The zero-order chi connectivity index (χ0) is 15.9. The van der Waals surface area contributed by atoms with Gasteiger partial charge in [0.1, 0.15) is 11.6 Å². The molecule has 0 heterocycles. The van der Waals surface area contributed by atoms with E-state index < -0.39 is 11.7 Å². The Kier molecular flexibility index (Phi) is 5.48. The number of nitrogens with one attached hydrogen (secondary N) is 1. The molecule has 1 amide bonds. The lowest BCUT2D eigenvalue weighted by atomic mass is 10.2. The van der Waals surface area contributed by atoms with Gasteiger partial charge < -0.3 is 15.3 Å². The minimum Gasteiger partial charge on any atom is -0.483 e. The van der Waals surface area contributed by atoms with Crippen LogP contribution in [0.3, 0.4) is 0 Å². The molecule has 0 aliphatic rings. The van der Waals surface area contributed by atoms with E-state index in [1.54, 1.807) is 24.3 Å². The molecule has 2 rings (SSSR count). The fourth-order valence-corrected chi connectivity index (χ4v) is 2.18. The molecule has 114 valence electrons. The third-order valence-corrected chi connectivity index (χ3v) is 3.29. The first-order valence-corrected chi connectivity index (χ1v) is 7.03. The quantitative estimate of drug-likeness (QED) is 0.483. The number of oxime groups is 1. The number of amides is 1. The molecule has 0 aliphatic carbocycles. The van der Waals surface area contributed by atoms with E-state index in [9.17, 15) is 9.18 Å². The summed E-state index contributed by atoms with van der Waals surface area (Å²) in [6, 6.07) is 10.8. The number of nitrogens with zero attached hydrogens (tertiary/aromatic N) is 1. The molecule has 0 fully saturated rings. The number of carbonyl (C=O) groups excluding carboxylic acids is 1. The van der Waals surface area contributed by atoms with E-state index in [-0.39, 0.29) is 12.3 Å². The van der Waals surface area contributed by atoms with Crippen molar-refractivity contribution in [2.45, 2.75) is 0 Å². The molecule has 0 saturated carbocycles. The maximum atomic E-state index is 13.4. The number of hydrogen-bond donors (Lipinski definition) is 2. The Morgan fingerprint density at radius 1 is 1.36 bits per heavy atom. The largest absolute Gasteiger partial charge is 0.483 e. The summed E-state index contributed by atoms with van der Waals surface area (Å²) in [5.74, 6) is -0.540. The van der Waals surface area contributed by atoms with Crippen molar-refractivity contribution >= 4 is 33.7 Å². The average Bonchev–Trinajstić information content (AvgIpc) is 2.49. The van der Waals surface area contributed by atoms with Gasteiger partial charge in [0, 0.05) is 0 Å². The molecular weight excluding hydrogens is 355 g/mol. The van der Waals surface area contributed by atoms with Gasteiger partial charge in [-0.2, -0.15) is 0 Å². The highest BCUT2D eigenvalue weighted by Gasteiger charge is 2.09. The summed E-state index contributed by atoms with van der Waals surface area (Å²) in [5.41, 5.74) is 0.766. The first-order valence-electron chi connectivity index (χ1n) is 6.24. The summed E-state index contributed by atoms with van der Waals surface area (Å²) in [6.07, 6.45) is 1.26. The van der Waals surface area contributed by atoms with Crippen LogP contribution in [0.2, 0.25) is 0 Å². The van der Waals surface area contributed by atoms with Crippen LogP contribution in [0.1, 0.15) is 5.56 Å². The van der Waals surface area contributed by atoms with Gasteiger partial charge >= 0.3 is 0 Å². The van der Waals surface area contributed by atoms with E-state index in [1.807, 2.05) is 0 Å². The van der Waals surface area contributed by atoms with Crippen LogP contribution in [0, 0.1) is 5.82 Å². The summed E-state index contributed by atoms with van der Waals surface area (Å²) in [7, 11) is 0. The second-order valence-corrected chi connectivity index (χ2v) is 5.11. The van der Waals surface area contributed by atoms with Crippen molar-refractivity contribution in [3.05, 3.63) is 58.3 Å². The minimum absolute atomic E-state index is 0.102. The highest BCUT2D eigenvalue weighted by molar-refractivity contribution is 9.10. The van der Waals surface area contributed by atoms with E-state index in [0.29, 0.717) is 15.8 Å². The molecule has 7 heteroatoms. The van der Waals surface area contributed by atoms with Gasteiger partial charge in [-0.25, -0.2) is 4.39 Å². The van der Waals surface area contributed by atoms with Gasteiger partial charge in [-0.15, -0.1) is 0 Å². The predicted octanol–water partition coefficient (Wildman–Crippen LogP) is 3.41. The number of benzene rings is 2. The topological polar surface area (TPSA) is 70.9 Å². The number of para-hydroxylation sites is 1. The summed E-state index contributed by atoms with van der Waals surface area (Å²) in [4.78, 5) is 11.7. The molecule has 2 N–H and O–H groups in total. The Morgan fingerprint density at radius 2 is 2.14 bits per heavy atom. The number of ether oxygens (including phenoxy) is 1. The highest BCUT2D eigenvalue weighted by atomic mass is 79.9. The minimum atomic E-state index is -0.510. The second-order valence-electron chi connectivity index (χ2n) is 4.25. The molecule has 0 unspecified atom stereocenters. The summed E-state index contributed by atoms with van der Waals surface area (Å²) in [6.45, 7) is -0.264. The van der Waals surface area contributed by atoms with Crippen LogP contribution in [-0.4, -0.2) is 23.9 Å². The molecular formula is C15H12BrFN2O3. The Labute approximate surface area is 134 Å². The van der Waals surface area contributed by atoms with Gasteiger partial charge in [0.2, 0.25) is 0 Å². The van der Waals surface area contributed by atoms with Gasteiger partial charge in [-0.05, 0) is 51.8 Å². The van der Waals surface area contributed by atoms with Crippen molar-refractivity contribution in [3.8, 4) is 5.75 Å². The highest BCUT2D eigenvalue weighted by Crippen LogP contribution is 2.25. The van der Waals surface area contributed by atoms with Crippen LogP contribution in [0.5, 0.6) is 5.75 Å². The Bertz CT molecular complexity index is 707. The normalized spacial score (nSPS) is 10.6. The molecule has 0 saturated heterocycles. The monoisotopic (exact) mass is 366 g/mol. The summed E-state index contributed by atoms with van der Waals surface area (Å²) >= 11 is 3.29. The number of carbonyl (C=O) groups is 1. The molecule has 0 aliphatic heterocycles. The standard InChI is InChI=1S/C15H12BrFN2O3/c16-11-7-10(8-18-21)5-6-14(11)22-9-15(20)19-13-4-2-1-3-12(13)17/h1-8,21H,9H2,(H,19,20)/b18-8+. The number of anilines is 1. The fourth-order valence-electron chi connectivity index (χ4n) is 1.67. The molecule has 0 bridgehead atoms. The van der Waals surface area contributed by atoms with Crippen molar-refractivity contribution in [1.82, 2.24) is 0 Å². The van der Waals surface area contributed by atoms with Crippen LogP contribution in [-0.2, 0) is 4.79 Å². The molecule has 0 aromatic heterocycles. The predicted molar refractivity (Wildman–Crippen MR) is 84.0 cm³/mol. The van der Waals surface area contributed by atoms with Crippen LogP contribution < -0.4 is 10.1 Å². The zero-order valence-corrected chi connectivity index (χ0v) is 12.9.